The van der Waals surface area contributed by atoms with Crippen LogP contribution >= 0.6 is 11.8 Å². The van der Waals surface area contributed by atoms with Crippen LogP contribution in [0.5, 0.6) is 0 Å². The van der Waals surface area contributed by atoms with Crippen LogP contribution in [0.15, 0.2) is 71.5 Å². The van der Waals surface area contributed by atoms with Crippen molar-refractivity contribution in [2.24, 2.45) is 0 Å². The Morgan fingerprint density at radius 2 is 1.37 bits per heavy atom. The van der Waals surface area contributed by atoms with Crippen LogP contribution < -0.4 is 0 Å². The van der Waals surface area contributed by atoms with Crippen molar-refractivity contribution in [3.05, 3.63) is 72.2 Å². The molecule has 0 unspecified atom stereocenters. The van der Waals surface area contributed by atoms with Gasteiger partial charge in [0.25, 0.3) is 5.95 Å². The van der Waals surface area contributed by atoms with Crippen LogP contribution in [0, 0.1) is 0 Å². The van der Waals surface area contributed by atoms with E-state index in [4.69, 9.17) is 9.47 Å². The fourth-order valence-corrected chi connectivity index (χ4v) is 2.84. The van der Waals surface area contributed by atoms with Gasteiger partial charge < -0.3 is 9.47 Å². The SMILES string of the molecule is c1ccc(SC(=C2OCCO2)c2ccccc2)cc1. The highest BCUT2D eigenvalue weighted by molar-refractivity contribution is 8.08. The minimum Gasteiger partial charge on any atom is -0.461 e. The van der Waals surface area contributed by atoms with Crippen LogP contribution in [-0.4, -0.2) is 13.2 Å². The number of thioether (sulfide) groups is 1. The van der Waals surface area contributed by atoms with Crippen LogP contribution in [0.25, 0.3) is 4.91 Å². The lowest BCUT2D eigenvalue weighted by Gasteiger charge is -2.10. The molecule has 0 atom stereocenters. The molecule has 2 aromatic rings. The highest BCUT2D eigenvalue weighted by Gasteiger charge is 2.18. The summed E-state index contributed by atoms with van der Waals surface area (Å²) in [5.41, 5.74) is 1.12. The summed E-state index contributed by atoms with van der Waals surface area (Å²) in [5.74, 6) is 0.639. The zero-order valence-corrected chi connectivity index (χ0v) is 11.2. The van der Waals surface area contributed by atoms with Crippen LogP contribution in [0.2, 0.25) is 0 Å². The third-order valence-electron chi connectivity index (χ3n) is 2.73. The molecular weight excluding hydrogens is 256 g/mol. The summed E-state index contributed by atoms with van der Waals surface area (Å²) < 4.78 is 11.2. The van der Waals surface area contributed by atoms with Crippen LogP contribution in [0.3, 0.4) is 0 Å². The number of benzene rings is 2. The van der Waals surface area contributed by atoms with Crippen molar-refractivity contribution in [2.75, 3.05) is 13.2 Å². The molecule has 96 valence electrons. The van der Waals surface area contributed by atoms with Crippen molar-refractivity contribution >= 4 is 16.7 Å². The summed E-state index contributed by atoms with van der Waals surface area (Å²) in [7, 11) is 0. The predicted octanol–water partition coefficient (Wildman–Crippen LogP) is 4.15. The Labute approximate surface area is 117 Å². The Morgan fingerprint density at radius 3 is 2.00 bits per heavy atom. The van der Waals surface area contributed by atoms with Crippen molar-refractivity contribution in [1.82, 2.24) is 0 Å². The van der Waals surface area contributed by atoms with E-state index in [2.05, 4.69) is 24.3 Å². The van der Waals surface area contributed by atoms with E-state index in [1.54, 1.807) is 11.8 Å². The van der Waals surface area contributed by atoms with Gasteiger partial charge in [-0.05, 0) is 17.7 Å². The number of hydrogen-bond acceptors (Lipinski definition) is 3. The van der Waals surface area contributed by atoms with Crippen LogP contribution in [0.1, 0.15) is 5.56 Å². The minimum absolute atomic E-state index is 0.626. The highest BCUT2D eigenvalue weighted by atomic mass is 32.2. The molecule has 0 aromatic heterocycles. The van der Waals surface area contributed by atoms with Gasteiger partial charge in [-0.2, -0.15) is 0 Å². The Morgan fingerprint density at radius 1 is 0.789 bits per heavy atom. The molecule has 1 fully saturated rings. The quantitative estimate of drug-likeness (QED) is 0.781. The summed E-state index contributed by atoms with van der Waals surface area (Å²) in [6.07, 6.45) is 0. The van der Waals surface area contributed by atoms with E-state index < -0.39 is 0 Å². The maximum Gasteiger partial charge on any atom is 0.294 e. The molecule has 3 rings (SSSR count). The van der Waals surface area contributed by atoms with Gasteiger partial charge in [0.1, 0.15) is 18.1 Å². The summed E-state index contributed by atoms with van der Waals surface area (Å²) >= 11 is 1.67. The van der Waals surface area contributed by atoms with E-state index >= 15 is 0 Å². The van der Waals surface area contributed by atoms with Gasteiger partial charge in [0.15, 0.2) is 0 Å². The fraction of sp³-hybridized carbons (Fsp3) is 0.125. The van der Waals surface area contributed by atoms with E-state index in [0.717, 1.165) is 10.5 Å². The first-order valence-electron chi connectivity index (χ1n) is 6.22. The van der Waals surface area contributed by atoms with Crippen molar-refractivity contribution in [1.29, 1.82) is 0 Å². The van der Waals surface area contributed by atoms with Crippen LogP contribution in [-0.2, 0) is 9.47 Å². The molecule has 2 nitrogen and oxygen atoms in total. The average molecular weight is 270 g/mol. The first-order chi connectivity index (χ1) is 9.43. The zero-order valence-electron chi connectivity index (χ0n) is 10.4. The van der Waals surface area contributed by atoms with Crippen molar-refractivity contribution in [2.45, 2.75) is 4.90 Å². The molecule has 0 bridgehead atoms. The van der Waals surface area contributed by atoms with Gasteiger partial charge in [-0.25, -0.2) is 0 Å². The monoisotopic (exact) mass is 270 g/mol. The predicted molar refractivity (Wildman–Crippen MR) is 77.6 cm³/mol. The standard InChI is InChI=1S/C16H14O2S/c1-3-7-13(8-4-1)15(16-17-11-12-18-16)19-14-9-5-2-6-10-14/h1-10H,11-12H2. The molecule has 0 saturated carbocycles. The molecule has 0 spiro atoms. The molecule has 0 aliphatic carbocycles. The Hall–Kier alpha value is -1.87. The fourth-order valence-electron chi connectivity index (χ4n) is 1.86. The molecule has 1 saturated heterocycles. The molecule has 19 heavy (non-hydrogen) atoms. The van der Waals surface area contributed by atoms with Crippen LogP contribution in [0.4, 0.5) is 0 Å². The lowest BCUT2D eigenvalue weighted by atomic mass is 10.2. The lowest BCUT2D eigenvalue weighted by molar-refractivity contribution is 0.180. The van der Waals surface area contributed by atoms with E-state index in [-0.39, 0.29) is 0 Å². The molecule has 0 radical (unpaired) electrons. The third-order valence-corrected chi connectivity index (χ3v) is 3.85. The zero-order chi connectivity index (χ0) is 12.9. The van der Waals surface area contributed by atoms with Gasteiger partial charge in [0, 0.05) is 4.90 Å². The second kappa shape index (κ2) is 5.85. The molecule has 0 N–H and O–H groups in total. The third kappa shape index (κ3) is 2.93. The van der Waals surface area contributed by atoms with Gasteiger partial charge in [-0.1, -0.05) is 60.3 Å². The Kier molecular flexibility index (Phi) is 3.75. The van der Waals surface area contributed by atoms with Crippen molar-refractivity contribution in [3.63, 3.8) is 0 Å². The first kappa shape index (κ1) is 12.2. The van der Waals surface area contributed by atoms with E-state index in [0.29, 0.717) is 19.2 Å². The summed E-state index contributed by atoms with van der Waals surface area (Å²) in [6, 6.07) is 20.5. The molecule has 2 aromatic carbocycles. The first-order valence-corrected chi connectivity index (χ1v) is 7.03. The molecule has 3 heteroatoms. The smallest absolute Gasteiger partial charge is 0.294 e. The van der Waals surface area contributed by atoms with Crippen molar-refractivity contribution in [3.8, 4) is 0 Å². The second-order valence-electron chi connectivity index (χ2n) is 4.09. The van der Waals surface area contributed by atoms with Gasteiger partial charge in [0.2, 0.25) is 0 Å². The van der Waals surface area contributed by atoms with Gasteiger partial charge in [0.05, 0.1) is 0 Å². The van der Waals surface area contributed by atoms with Crippen molar-refractivity contribution < 1.29 is 9.47 Å². The average Bonchev–Trinajstić information content (AvgIpc) is 3.01. The van der Waals surface area contributed by atoms with E-state index in [9.17, 15) is 0 Å². The highest BCUT2D eigenvalue weighted by Crippen LogP contribution is 2.38. The molecule has 1 heterocycles. The molecule has 0 amide bonds. The van der Waals surface area contributed by atoms with Gasteiger partial charge >= 0.3 is 0 Å². The topological polar surface area (TPSA) is 18.5 Å². The number of rotatable bonds is 3. The van der Waals surface area contributed by atoms with Gasteiger partial charge in [-0.3, -0.25) is 0 Å². The maximum absolute atomic E-state index is 5.58. The largest absolute Gasteiger partial charge is 0.461 e. The minimum atomic E-state index is 0.626. The van der Waals surface area contributed by atoms with E-state index in [1.165, 1.54) is 4.90 Å². The normalized spacial score (nSPS) is 13.8. The summed E-state index contributed by atoms with van der Waals surface area (Å²) in [5, 5.41) is 0. The Balaban J connectivity index is 1.96. The Bertz CT molecular complexity index is 556. The van der Waals surface area contributed by atoms with Gasteiger partial charge in [-0.15, -0.1) is 0 Å². The lowest BCUT2D eigenvalue weighted by Crippen LogP contribution is -1.89. The summed E-state index contributed by atoms with van der Waals surface area (Å²) in [6.45, 7) is 1.25. The number of hydrogen-bond donors (Lipinski definition) is 0. The second-order valence-corrected chi connectivity index (χ2v) is 5.18. The molecule has 1 aliphatic rings. The summed E-state index contributed by atoms with van der Waals surface area (Å²) in [4.78, 5) is 2.21. The molecular formula is C16H14O2S. The number of ether oxygens (including phenoxy) is 2. The maximum atomic E-state index is 5.58. The van der Waals surface area contributed by atoms with E-state index in [1.807, 2.05) is 36.4 Å². The molecule has 1 aliphatic heterocycles.